The molecule has 1 saturated heterocycles. The molecule has 4 heteroatoms. The first kappa shape index (κ1) is 14.5. The summed E-state index contributed by atoms with van der Waals surface area (Å²) in [5.41, 5.74) is 0. The topological polar surface area (TPSA) is 41.6 Å². The molecule has 0 aromatic carbocycles. The zero-order valence-electron chi connectivity index (χ0n) is 11.5. The van der Waals surface area contributed by atoms with E-state index in [0.717, 1.165) is 44.4 Å². The molecule has 100 valence electrons. The van der Waals surface area contributed by atoms with E-state index >= 15 is 0 Å². The second-order valence-corrected chi connectivity index (χ2v) is 5.20. The molecule has 1 rings (SSSR count). The zero-order valence-corrected chi connectivity index (χ0v) is 11.5. The standard InChI is InChI=1S/C13H26N2O2/c1-5-6-14-12(13(16)17-4)9-15-7-10(2)11(3)8-15/h10-12,14H,5-9H2,1-4H3. The van der Waals surface area contributed by atoms with Crippen LogP contribution in [0.2, 0.25) is 0 Å². The fraction of sp³-hybridized carbons (Fsp3) is 0.923. The fourth-order valence-electron chi connectivity index (χ4n) is 2.34. The Bertz CT molecular complexity index is 236. The Kier molecular flexibility index (Phi) is 5.92. The van der Waals surface area contributed by atoms with Gasteiger partial charge in [0.2, 0.25) is 0 Å². The van der Waals surface area contributed by atoms with Crippen molar-refractivity contribution in [3.8, 4) is 0 Å². The third-order valence-electron chi connectivity index (χ3n) is 3.63. The van der Waals surface area contributed by atoms with Crippen LogP contribution in [0.5, 0.6) is 0 Å². The van der Waals surface area contributed by atoms with Gasteiger partial charge in [0.25, 0.3) is 0 Å². The molecule has 1 aliphatic heterocycles. The van der Waals surface area contributed by atoms with Crippen molar-refractivity contribution in [3.63, 3.8) is 0 Å². The van der Waals surface area contributed by atoms with E-state index in [9.17, 15) is 4.79 Å². The Labute approximate surface area is 105 Å². The Morgan fingerprint density at radius 3 is 2.47 bits per heavy atom. The molecule has 17 heavy (non-hydrogen) atoms. The van der Waals surface area contributed by atoms with E-state index in [2.05, 4.69) is 31.0 Å². The molecule has 0 amide bonds. The van der Waals surface area contributed by atoms with Gasteiger partial charge in [-0.15, -0.1) is 0 Å². The third kappa shape index (κ3) is 4.28. The molecular formula is C13H26N2O2. The van der Waals surface area contributed by atoms with Crippen LogP contribution in [0.25, 0.3) is 0 Å². The summed E-state index contributed by atoms with van der Waals surface area (Å²) >= 11 is 0. The number of esters is 1. The largest absolute Gasteiger partial charge is 0.468 e. The highest BCUT2D eigenvalue weighted by Gasteiger charge is 2.29. The van der Waals surface area contributed by atoms with Crippen LogP contribution in [0.15, 0.2) is 0 Å². The van der Waals surface area contributed by atoms with Crippen molar-refractivity contribution in [2.24, 2.45) is 11.8 Å². The predicted molar refractivity (Wildman–Crippen MR) is 68.9 cm³/mol. The first-order valence-corrected chi connectivity index (χ1v) is 6.62. The summed E-state index contributed by atoms with van der Waals surface area (Å²) in [7, 11) is 1.46. The lowest BCUT2D eigenvalue weighted by atomic mass is 10.0. The van der Waals surface area contributed by atoms with E-state index in [4.69, 9.17) is 4.74 Å². The molecule has 0 saturated carbocycles. The zero-order chi connectivity index (χ0) is 12.8. The SMILES string of the molecule is CCCNC(CN1CC(C)C(C)C1)C(=O)OC. The molecule has 0 radical (unpaired) electrons. The molecule has 0 spiro atoms. The average molecular weight is 242 g/mol. The minimum absolute atomic E-state index is 0.148. The van der Waals surface area contributed by atoms with E-state index < -0.39 is 0 Å². The lowest BCUT2D eigenvalue weighted by Gasteiger charge is -2.22. The van der Waals surface area contributed by atoms with Crippen molar-refractivity contribution in [1.29, 1.82) is 0 Å². The number of rotatable bonds is 6. The lowest BCUT2D eigenvalue weighted by Crippen LogP contribution is -2.46. The van der Waals surface area contributed by atoms with Gasteiger partial charge in [-0.1, -0.05) is 20.8 Å². The summed E-state index contributed by atoms with van der Waals surface area (Å²) < 4.78 is 4.85. The number of nitrogens with one attached hydrogen (secondary N) is 1. The van der Waals surface area contributed by atoms with Crippen molar-refractivity contribution < 1.29 is 9.53 Å². The van der Waals surface area contributed by atoms with Crippen LogP contribution in [0.4, 0.5) is 0 Å². The summed E-state index contributed by atoms with van der Waals surface area (Å²) in [4.78, 5) is 14.0. The van der Waals surface area contributed by atoms with Crippen LogP contribution in [0, 0.1) is 11.8 Å². The molecule has 1 fully saturated rings. The summed E-state index contributed by atoms with van der Waals surface area (Å²) in [5, 5.41) is 3.26. The van der Waals surface area contributed by atoms with E-state index in [0.29, 0.717) is 0 Å². The number of carbonyl (C=O) groups is 1. The average Bonchev–Trinajstić information content (AvgIpc) is 2.62. The number of hydrogen-bond acceptors (Lipinski definition) is 4. The molecule has 3 atom stereocenters. The van der Waals surface area contributed by atoms with E-state index in [1.807, 2.05) is 0 Å². The molecule has 0 aromatic heterocycles. The van der Waals surface area contributed by atoms with Crippen LogP contribution in [-0.4, -0.2) is 50.2 Å². The van der Waals surface area contributed by atoms with Gasteiger partial charge in [0.05, 0.1) is 7.11 Å². The van der Waals surface area contributed by atoms with Crippen molar-refractivity contribution in [1.82, 2.24) is 10.2 Å². The van der Waals surface area contributed by atoms with Gasteiger partial charge in [-0.05, 0) is 24.8 Å². The van der Waals surface area contributed by atoms with E-state index in [-0.39, 0.29) is 12.0 Å². The number of nitrogens with zero attached hydrogens (tertiary/aromatic N) is 1. The highest BCUT2D eigenvalue weighted by atomic mass is 16.5. The molecule has 0 bridgehead atoms. The fourth-order valence-corrected chi connectivity index (χ4v) is 2.34. The first-order chi connectivity index (χ1) is 8.08. The molecular weight excluding hydrogens is 216 g/mol. The highest BCUT2D eigenvalue weighted by molar-refractivity contribution is 5.75. The molecule has 4 nitrogen and oxygen atoms in total. The maximum Gasteiger partial charge on any atom is 0.324 e. The van der Waals surface area contributed by atoms with Gasteiger partial charge in [-0.2, -0.15) is 0 Å². The summed E-state index contributed by atoms with van der Waals surface area (Å²) in [5.74, 6) is 1.30. The molecule has 1 aliphatic rings. The summed E-state index contributed by atoms with van der Waals surface area (Å²) in [6.07, 6.45) is 1.03. The number of methoxy groups -OCH3 is 1. The molecule has 1 heterocycles. The van der Waals surface area contributed by atoms with Crippen molar-refractivity contribution in [3.05, 3.63) is 0 Å². The number of carbonyl (C=O) groups excluding carboxylic acids is 1. The van der Waals surface area contributed by atoms with Crippen molar-refractivity contribution >= 4 is 5.97 Å². The van der Waals surface area contributed by atoms with Crippen LogP contribution in [-0.2, 0) is 9.53 Å². The molecule has 0 aromatic rings. The number of likely N-dealkylation sites (tertiary alicyclic amines) is 1. The first-order valence-electron chi connectivity index (χ1n) is 6.62. The van der Waals surface area contributed by atoms with E-state index in [1.165, 1.54) is 7.11 Å². The van der Waals surface area contributed by atoms with Crippen LogP contribution < -0.4 is 5.32 Å². The van der Waals surface area contributed by atoms with Crippen LogP contribution >= 0.6 is 0 Å². The van der Waals surface area contributed by atoms with Gasteiger partial charge in [0, 0.05) is 19.6 Å². The van der Waals surface area contributed by atoms with Gasteiger partial charge in [0.15, 0.2) is 0 Å². The van der Waals surface area contributed by atoms with Crippen LogP contribution in [0.1, 0.15) is 27.2 Å². The predicted octanol–water partition coefficient (Wildman–Crippen LogP) is 1.12. The minimum Gasteiger partial charge on any atom is -0.468 e. The lowest BCUT2D eigenvalue weighted by molar-refractivity contribution is -0.143. The second-order valence-electron chi connectivity index (χ2n) is 5.20. The maximum atomic E-state index is 11.7. The Morgan fingerprint density at radius 2 is 2.00 bits per heavy atom. The van der Waals surface area contributed by atoms with Crippen LogP contribution in [0.3, 0.4) is 0 Å². The van der Waals surface area contributed by atoms with Crippen molar-refractivity contribution in [2.45, 2.75) is 33.2 Å². The Hall–Kier alpha value is -0.610. The van der Waals surface area contributed by atoms with Crippen molar-refractivity contribution in [2.75, 3.05) is 33.3 Å². The van der Waals surface area contributed by atoms with Gasteiger partial charge in [-0.3, -0.25) is 4.79 Å². The van der Waals surface area contributed by atoms with E-state index in [1.54, 1.807) is 0 Å². The van der Waals surface area contributed by atoms with Gasteiger partial charge < -0.3 is 15.0 Å². The number of ether oxygens (including phenoxy) is 1. The maximum absolute atomic E-state index is 11.7. The van der Waals surface area contributed by atoms with Gasteiger partial charge >= 0.3 is 5.97 Å². The summed E-state index contributed by atoms with van der Waals surface area (Å²) in [6.45, 7) is 10.4. The molecule has 1 N–H and O–H groups in total. The van der Waals surface area contributed by atoms with Gasteiger partial charge in [-0.25, -0.2) is 0 Å². The smallest absolute Gasteiger partial charge is 0.324 e. The molecule has 3 unspecified atom stereocenters. The Morgan fingerprint density at radius 1 is 1.41 bits per heavy atom. The van der Waals surface area contributed by atoms with Gasteiger partial charge in [0.1, 0.15) is 6.04 Å². The second kappa shape index (κ2) is 6.97. The minimum atomic E-state index is -0.183. The third-order valence-corrected chi connectivity index (χ3v) is 3.63. The molecule has 0 aliphatic carbocycles. The highest BCUT2D eigenvalue weighted by Crippen LogP contribution is 2.21. The monoisotopic (exact) mass is 242 g/mol. The quantitative estimate of drug-likeness (QED) is 0.709. The Balaban J connectivity index is 2.45. The normalized spacial score (nSPS) is 27.1. The summed E-state index contributed by atoms with van der Waals surface area (Å²) in [6, 6.07) is -0.183. The number of hydrogen-bond donors (Lipinski definition) is 1.